The molecule has 0 radical (unpaired) electrons. The Balaban J connectivity index is 0.000000170. The fourth-order valence-corrected chi connectivity index (χ4v) is 8.41. The summed E-state index contributed by atoms with van der Waals surface area (Å²) in [7, 11) is 0. The summed E-state index contributed by atoms with van der Waals surface area (Å²) in [5, 5.41) is 6.25. The van der Waals surface area contributed by atoms with Crippen LogP contribution in [-0.4, -0.2) is 103 Å². The number of rotatable bonds is 10. The van der Waals surface area contributed by atoms with Gasteiger partial charge in [-0.05, 0) is 39.2 Å². The molecule has 3 N–H and O–H groups in total. The van der Waals surface area contributed by atoms with Crippen LogP contribution in [0.15, 0.2) is 124 Å². The predicted octanol–water partition coefficient (Wildman–Crippen LogP) is 5.01. The number of nitrogens with zero attached hydrogens (tertiary/aromatic N) is 6. The fraction of sp³-hybridized carbons (Fsp3) is 0.275. The second-order valence-electron chi connectivity index (χ2n) is 16.7. The second kappa shape index (κ2) is 23.8. The molecule has 2 saturated heterocycles. The van der Waals surface area contributed by atoms with Gasteiger partial charge in [0.1, 0.15) is 55.4 Å². The number of amides is 3. The minimum Gasteiger partial charge on any atom is -0.482 e. The molecule has 4 aliphatic rings. The number of nitrogens with two attached hydrogens (primary N) is 1. The third-order valence-electron chi connectivity index (χ3n) is 11.9. The zero-order valence-electron chi connectivity index (χ0n) is 39.1. The minimum atomic E-state index is -0.819. The van der Waals surface area contributed by atoms with Crippen LogP contribution in [-0.2, 0) is 35.8 Å². The summed E-state index contributed by atoms with van der Waals surface area (Å²) < 4.78 is 78.3. The highest BCUT2D eigenvalue weighted by Gasteiger charge is 2.37. The van der Waals surface area contributed by atoms with Gasteiger partial charge < -0.3 is 39.8 Å². The molecule has 0 aliphatic carbocycles. The largest absolute Gasteiger partial charge is 0.482 e. The molecule has 3 amide bonds. The first kappa shape index (κ1) is 51.8. The predicted molar refractivity (Wildman–Crippen MR) is 262 cm³/mol. The average molecular weight is 1070 g/mol. The Kier molecular flexibility index (Phi) is 16.9. The number of hydrogen-bond acceptors (Lipinski definition) is 12. The third-order valence-corrected chi connectivity index (χ3v) is 12.5. The highest BCUT2D eigenvalue weighted by molar-refractivity contribution is 9.10. The number of nitrogens with one attached hydrogen (secondary N) is 1. The number of carbonyl (C=O) groups excluding carboxylic acids is 3. The molecule has 73 heavy (non-hydrogen) atoms. The van der Waals surface area contributed by atoms with E-state index in [0.29, 0.717) is 75.4 Å². The van der Waals surface area contributed by atoms with E-state index in [1.807, 2.05) is 65.7 Å². The zero-order valence-corrected chi connectivity index (χ0v) is 40.7. The standard InChI is InChI=1S/C26H24F2N4O5.C18H18BrN3O4.C7H7F2N/c27-19-7-6-18(21(28)12-19)13-29-25(34)20-14-32-22(26(35)30-8-10-36-11-9-31(32)16-30)24(23(20)33)37-15-17-4-2-1-3-5-17;19-14-10-22-15(18(24)20-6-8-25-9-7-21(22)12-20)17(16(14)23)26-11-13-4-2-1-3-5-13;8-6-2-1-5(4-10)7(9)3-6/h1-7,12,14H,8-11,13,15-16H2,(H,29,34);1-5,10H,6-9,11-12H2;1-3H,4,10H2. The maximum Gasteiger partial charge on any atom is 0.277 e. The first-order valence-electron chi connectivity index (χ1n) is 23.0. The summed E-state index contributed by atoms with van der Waals surface area (Å²) >= 11 is 3.30. The van der Waals surface area contributed by atoms with E-state index in [1.54, 1.807) is 25.7 Å². The molecule has 0 spiro atoms. The van der Waals surface area contributed by atoms with E-state index in [0.717, 1.165) is 23.3 Å². The lowest BCUT2D eigenvalue weighted by Crippen LogP contribution is -2.57. The monoisotopic (exact) mass is 1070 g/mol. The van der Waals surface area contributed by atoms with Gasteiger partial charge in [0.25, 0.3) is 17.7 Å². The Bertz CT molecular complexity index is 3100. The summed E-state index contributed by atoms with van der Waals surface area (Å²) in [6.45, 7) is 4.41. The van der Waals surface area contributed by atoms with E-state index in [2.05, 4.69) is 21.2 Å². The van der Waals surface area contributed by atoms with Crippen molar-refractivity contribution in [2.24, 2.45) is 5.73 Å². The minimum absolute atomic E-state index is 0.00529. The number of pyridine rings is 2. The van der Waals surface area contributed by atoms with Gasteiger partial charge >= 0.3 is 0 Å². The normalized spacial score (nSPS) is 14.9. The first-order chi connectivity index (χ1) is 35.3. The number of carbonyl (C=O) groups is 3. The molecule has 4 aromatic carbocycles. The Labute approximate surface area is 423 Å². The van der Waals surface area contributed by atoms with Crippen LogP contribution >= 0.6 is 15.9 Å². The van der Waals surface area contributed by atoms with Crippen molar-refractivity contribution in [3.8, 4) is 11.5 Å². The number of fused-ring (bicyclic) bond motifs is 8. The summed E-state index contributed by atoms with van der Waals surface area (Å²) in [4.78, 5) is 68.9. The van der Waals surface area contributed by atoms with Crippen LogP contribution in [0.1, 0.15) is 53.6 Å². The lowest BCUT2D eigenvalue weighted by atomic mass is 10.1. The molecule has 10 rings (SSSR count). The first-order valence-corrected chi connectivity index (χ1v) is 23.8. The van der Waals surface area contributed by atoms with E-state index in [-0.39, 0.29) is 78.3 Å². The maximum atomic E-state index is 14.1. The molecule has 0 unspecified atom stereocenters. The van der Waals surface area contributed by atoms with Crippen molar-refractivity contribution >= 4 is 33.7 Å². The number of halogens is 5. The van der Waals surface area contributed by atoms with Crippen molar-refractivity contribution < 1.29 is 50.9 Å². The molecule has 0 atom stereocenters. The topological polar surface area (TPSA) is 183 Å². The van der Waals surface area contributed by atoms with Gasteiger partial charge in [0, 0.05) is 61.8 Å². The van der Waals surface area contributed by atoms with E-state index >= 15 is 0 Å². The molecular weight excluding hydrogens is 1020 g/mol. The van der Waals surface area contributed by atoms with Gasteiger partial charge in [-0.1, -0.05) is 72.8 Å². The Hall–Kier alpha value is -7.53. The van der Waals surface area contributed by atoms with Gasteiger partial charge in [-0.3, -0.25) is 43.3 Å². The van der Waals surface area contributed by atoms with Crippen molar-refractivity contribution in [3.63, 3.8) is 0 Å². The number of aromatic nitrogens is 2. The van der Waals surface area contributed by atoms with Crippen molar-refractivity contribution in [1.82, 2.24) is 24.5 Å². The van der Waals surface area contributed by atoms with Crippen LogP contribution in [0.2, 0.25) is 0 Å². The molecule has 2 aromatic heterocycles. The molecule has 6 aromatic rings. The van der Waals surface area contributed by atoms with Crippen LogP contribution in [0, 0.1) is 23.3 Å². The quantitative estimate of drug-likeness (QED) is 0.175. The molecule has 382 valence electrons. The third kappa shape index (κ3) is 12.2. The highest BCUT2D eigenvalue weighted by Crippen LogP contribution is 2.27. The summed E-state index contributed by atoms with van der Waals surface area (Å²) in [5.41, 5.74) is 6.15. The average Bonchev–Trinajstić information content (AvgIpc) is 3.36. The van der Waals surface area contributed by atoms with Gasteiger partial charge in [0.15, 0.2) is 22.9 Å². The SMILES string of the molecule is NCc1ccc(F)cc1F.O=C(NCc1ccc(F)cc1F)c1cn2c(c(OCc3ccccc3)c1=O)C(=O)N1CCOCCN2C1.O=C1c2c(OCc3ccccc3)c(=O)c(Br)cn2N2CCOCCN1C2. The maximum absolute atomic E-state index is 14.1. The smallest absolute Gasteiger partial charge is 0.277 e. The summed E-state index contributed by atoms with van der Waals surface area (Å²) in [5.74, 6) is -4.31. The number of benzene rings is 4. The van der Waals surface area contributed by atoms with E-state index in [9.17, 15) is 41.5 Å². The molecule has 4 bridgehead atoms. The molecule has 17 nitrogen and oxygen atoms in total. The molecule has 22 heteroatoms. The van der Waals surface area contributed by atoms with Gasteiger partial charge in [-0.2, -0.15) is 0 Å². The molecule has 0 saturated carbocycles. The van der Waals surface area contributed by atoms with Gasteiger partial charge in [-0.25, -0.2) is 17.6 Å². The zero-order chi connectivity index (χ0) is 51.6. The van der Waals surface area contributed by atoms with Crippen molar-refractivity contribution in [2.45, 2.75) is 26.3 Å². The lowest BCUT2D eigenvalue weighted by molar-refractivity contribution is 0.0468. The van der Waals surface area contributed by atoms with Crippen LogP contribution in [0.3, 0.4) is 0 Å². The van der Waals surface area contributed by atoms with Gasteiger partial charge in [0.05, 0.1) is 44.0 Å². The van der Waals surface area contributed by atoms with E-state index in [4.69, 9.17) is 24.7 Å². The van der Waals surface area contributed by atoms with Gasteiger partial charge in [-0.15, -0.1) is 0 Å². The van der Waals surface area contributed by atoms with Crippen molar-refractivity contribution in [1.29, 1.82) is 0 Å². The molecule has 2 fully saturated rings. The van der Waals surface area contributed by atoms with Crippen LogP contribution in [0.5, 0.6) is 11.5 Å². The van der Waals surface area contributed by atoms with Crippen LogP contribution in [0.4, 0.5) is 17.6 Å². The Morgan fingerprint density at radius 2 is 1.08 bits per heavy atom. The summed E-state index contributed by atoms with van der Waals surface area (Å²) in [6.07, 6.45) is 2.92. The molecular formula is C51H49BrF4N8O9. The fourth-order valence-electron chi connectivity index (χ4n) is 8.03. The Morgan fingerprint density at radius 3 is 1.58 bits per heavy atom. The van der Waals surface area contributed by atoms with Crippen molar-refractivity contribution in [2.75, 3.05) is 76.0 Å². The van der Waals surface area contributed by atoms with E-state index < -0.39 is 40.5 Å². The van der Waals surface area contributed by atoms with Crippen LogP contribution in [0.25, 0.3) is 0 Å². The van der Waals surface area contributed by atoms with Crippen molar-refractivity contribution in [3.05, 3.63) is 197 Å². The molecule has 6 heterocycles. The molecule has 4 aliphatic heterocycles. The number of ether oxygens (including phenoxy) is 4. The van der Waals surface area contributed by atoms with Crippen LogP contribution < -0.4 is 41.4 Å². The summed E-state index contributed by atoms with van der Waals surface area (Å²) in [6, 6.07) is 25.0. The lowest BCUT2D eigenvalue weighted by Gasteiger charge is -2.41. The number of hydrogen-bond donors (Lipinski definition) is 2. The van der Waals surface area contributed by atoms with Gasteiger partial charge in [0.2, 0.25) is 10.9 Å². The Morgan fingerprint density at radius 1 is 0.616 bits per heavy atom. The second-order valence-corrected chi connectivity index (χ2v) is 17.6. The van der Waals surface area contributed by atoms with E-state index in [1.165, 1.54) is 29.1 Å². The highest BCUT2D eigenvalue weighted by atomic mass is 79.9.